The zero-order valence-electron chi connectivity index (χ0n) is 19.5. The standard InChI is InChI=1S/C27H48O/c1-24-16-14-20-26(2,3)22-23-28-27(4,21-15-17-24)25-18-12-10-8-6-5-7-9-11-13-19-25/h14,17,20,25H,5-13,15-16,18-19,21-23H2,1-4H3/b20-14-,24-17-. The minimum Gasteiger partial charge on any atom is -0.375 e. The summed E-state index contributed by atoms with van der Waals surface area (Å²) in [7, 11) is 0. The van der Waals surface area contributed by atoms with E-state index in [0.29, 0.717) is 0 Å². The highest BCUT2D eigenvalue weighted by Crippen LogP contribution is 2.37. The Labute approximate surface area is 176 Å². The summed E-state index contributed by atoms with van der Waals surface area (Å²) < 4.78 is 6.77. The highest BCUT2D eigenvalue weighted by Gasteiger charge is 2.34. The van der Waals surface area contributed by atoms with Crippen LogP contribution in [0.1, 0.15) is 124 Å². The minimum absolute atomic E-state index is 0.0416. The molecular formula is C27H48O. The topological polar surface area (TPSA) is 9.23 Å². The third-order valence-electron chi connectivity index (χ3n) is 7.29. The number of allylic oxidation sites excluding steroid dienone is 4. The molecule has 0 aromatic rings. The summed E-state index contributed by atoms with van der Waals surface area (Å²) >= 11 is 0. The molecule has 1 aliphatic carbocycles. The van der Waals surface area contributed by atoms with Gasteiger partial charge in [-0.3, -0.25) is 0 Å². The molecule has 1 saturated carbocycles. The number of rotatable bonds is 1. The van der Waals surface area contributed by atoms with Gasteiger partial charge in [-0.1, -0.05) is 95.4 Å². The van der Waals surface area contributed by atoms with Crippen molar-refractivity contribution in [2.45, 2.75) is 130 Å². The van der Waals surface area contributed by atoms with Crippen molar-refractivity contribution >= 4 is 0 Å². The first-order valence-corrected chi connectivity index (χ1v) is 12.4. The molecule has 2 rings (SSSR count). The van der Waals surface area contributed by atoms with Crippen LogP contribution in [0.2, 0.25) is 0 Å². The van der Waals surface area contributed by atoms with Gasteiger partial charge in [0.15, 0.2) is 0 Å². The smallest absolute Gasteiger partial charge is 0.0685 e. The van der Waals surface area contributed by atoms with Crippen LogP contribution in [0, 0.1) is 11.3 Å². The molecule has 1 atom stereocenters. The fourth-order valence-electron chi connectivity index (χ4n) is 5.05. The highest BCUT2D eigenvalue weighted by atomic mass is 16.5. The maximum Gasteiger partial charge on any atom is 0.0685 e. The van der Waals surface area contributed by atoms with E-state index in [-0.39, 0.29) is 11.0 Å². The summed E-state index contributed by atoms with van der Waals surface area (Å²) in [6.07, 6.45) is 27.4. The first-order chi connectivity index (χ1) is 13.4. The molecule has 0 amide bonds. The van der Waals surface area contributed by atoms with Gasteiger partial charge in [0.25, 0.3) is 0 Å². The first kappa shape index (κ1) is 23.7. The summed E-state index contributed by atoms with van der Waals surface area (Å²) in [6.45, 7) is 10.3. The zero-order valence-corrected chi connectivity index (χ0v) is 19.5. The van der Waals surface area contributed by atoms with Crippen LogP contribution in [-0.2, 0) is 4.74 Å². The van der Waals surface area contributed by atoms with E-state index in [4.69, 9.17) is 4.74 Å². The molecule has 0 N–H and O–H groups in total. The molecule has 162 valence electrons. The molecule has 1 heteroatoms. The van der Waals surface area contributed by atoms with Gasteiger partial charge in [0.05, 0.1) is 5.60 Å². The molecule has 0 radical (unpaired) electrons. The molecule has 28 heavy (non-hydrogen) atoms. The average Bonchev–Trinajstić information content (AvgIpc) is 2.61. The molecule has 0 bridgehead atoms. The zero-order chi connectivity index (χ0) is 20.3. The highest BCUT2D eigenvalue weighted by molar-refractivity contribution is 5.07. The van der Waals surface area contributed by atoms with E-state index in [1.807, 2.05) is 0 Å². The van der Waals surface area contributed by atoms with Crippen molar-refractivity contribution in [3.05, 3.63) is 23.8 Å². The summed E-state index contributed by atoms with van der Waals surface area (Å²) in [5.41, 5.74) is 1.78. The SMILES string of the molecule is C/C1=C/CCC(C)(C2CCCCCCCCCCC2)OCCC(C)(C)/C=C\C1. The van der Waals surface area contributed by atoms with Crippen molar-refractivity contribution in [3.8, 4) is 0 Å². The Morgan fingerprint density at radius 2 is 1.39 bits per heavy atom. The molecule has 1 heterocycles. The molecule has 0 spiro atoms. The third-order valence-corrected chi connectivity index (χ3v) is 7.29. The van der Waals surface area contributed by atoms with Gasteiger partial charge in [-0.2, -0.15) is 0 Å². The lowest BCUT2D eigenvalue weighted by atomic mass is 9.77. The molecule has 0 aromatic heterocycles. The average molecular weight is 389 g/mol. The van der Waals surface area contributed by atoms with Crippen LogP contribution in [-0.4, -0.2) is 12.2 Å². The van der Waals surface area contributed by atoms with E-state index in [2.05, 4.69) is 45.9 Å². The number of hydrogen-bond donors (Lipinski definition) is 0. The van der Waals surface area contributed by atoms with Gasteiger partial charge in [-0.15, -0.1) is 0 Å². The van der Waals surface area contributed by atoms with Crippen LogP contribution in [0.25, 0.3) is 0 Å². The van der Waals surface area contributed by atoms with Crippen molar-refractivity contribution in [1.29, 1.82) is 0 Å². The third kappa shape index (κ3) is 8.85. The van der Waals surface area contributed by atoms with E-state index in [1.165, 1.54) is 82.6 Å². The second-order valence-electron chi connectivity index (χ2n) is 10.6. The Hall–Kier alpha value is -0.560. The Kier molecular flexibility index (Phi) is 10.3. The van der Waals surface area contributed by atoms with Crippen molar-refractivity contribution in [3.63, 3.8) is 0 Å². The monoisotopic (exact) mass is 388 g/mol. The van der Waals surface area contributed by atoms with Crippen LogP contribution in [0.15, 0.2) is 23.8 Å². The lowest BCUT2D eigenvalue weighted by Crippen LogP contribution is -2.39. The van der Waals surface area contributed by atoms with Gasteiger partial charge in [0, 0.05) is 6.61 Å². The summed E-state index contributed by atoms with van der Waals surface area (Å²) in [5, 5.41) is 0. The minimum atomic E-state index is 0.0416. The van der Waals surface area contributed by atoms with Crippen LogP contribution in [0.4, 0.5) is 0 Å². The normalized spacial score (nSPS) is 33.2. The lowest BCUT2D eigenvalue weighted by molar-refractivity contribution is -0.0900. The van der Waals surface area contributed by atoms with Crippen molar-refractivity contribution in [1.82, 2.24) is 0 Å². The van der Waals surface area contributed by atoms with E-state index in [9.17, 15) is 0 Å². The first-order valence-electron chi connectivity index (χ1n) is 12.4. The van der Waals surface area contributed by atoms with Crippen LogP contribution >= 0.6 is 0 Å². The van der Waals surface area contributed by atoms with Gasteiger partial charge in [0.2, 0.25) is 0 Å². The van der Waals surface area contributed by atoms with Crippen LogP contribution in [0.3, 0.4) is 0 Å². The molecule has 1 fully saturated rings. The van der Waals surface area contributed by atoms with E-state index in [1.54, 1.807) is 0 Å². The molecular weight excluding hydrogens is 340 g/mol. The quantitative estimate of drug-likeness (QED) is 0.408. The van der Waals surface area contributed by atoms with E-state index in [0.717, 1.165) is 31.8 Å². The largest absolute Gasteiger partial charge is 0.375 e. The fourth-order valence-corrected chi connectivity index (χ4v) is 5.05. The Morgan fingerprint density at radius 3 is 2.00 bits per heavy atom. The Balaban J connectivity index is 2.09. The summed E-state index contributed by atoms with van der Waals surface area (Å²) in [4.78, 5) is 0. The molecule has 0 saturated heterocycles. The second-order valence-corrected chi connectivity index (χ2v) is 10.6. The van der Waals surface area contributed by atoms with Gasteiger partial charge in [-0.25, -0.2) is 0 Å². The fraction of sp³-hybridized carbons (Fsp3) is 0.852. The molecule has 1 unspecified atom stereocenters. The Morgan fingerprint density at radius 1 is 0.821 bits per heavy atom. The van der Waals surface area contributed by atoms with Crippen molar-refractivity contribution in [2.75, 3.05) is 6.61 Å². The van der Waals surface area contributed by atoms with Crippen LogP contribution < -0.4 is 0 Å². The van der Waals surface area contributed by atoms with Crippen molar-refractivity contribution < 1.29 is 4.74 Å². The maximum atomic E-state index is 6.77. The van der Waals surface area contributed by atoms with Crippen LogP contribution in [0.5, 0.6) is 0 Å². The lowest BCUT2D eigenvalue weighted by Gasteiger charge is -2.39. The summed E-state index contributed by atoms with van der Waals surface area (Å²) in [5.74, 6) is 0.724. The number of ether oxygens (including phenoxy) is 1. The molecule has 0 aromatic carbocycles. The molecule has 1 aliphatic heterocycles. The molecule has 1 nitrogen and oxygen atoms in total. The summed E-state index contributed by atoms with van der Waals surface area (Å²) in [6, 6.07) is 0. The van der Waals surface area contributed by atoms with Gasteiger partial charge < -0.3 is 4.74 Å². The second kappa shape index (κ2) is 12.2. The number of hydrogen-bond acceptors (Lipinski definition) is 1. The van der Waals surface area contributed by atoms with E-state index >= 15 is 0 Å². The predicted molar refractivity (Wildman–Crippen MR) is 124 cm³/mol. The van der Waals surface area contributed by atoms with Gasteiger partial charge in [-0.05, 0) is 63.7 Å². The van der Waals surface area contributed by atoms with E-state index < -0.39 is 0 Å². The van der Waals surface area contributed by atoms with Gasteiger partial charge >= 0.3 is 0 Å². The maximum absolute atomic E-state index is 6.77. The van der Waals surface area contributed by atoms with Gasteiger partial charge in [0.1, 0.15) is 0 Å². The van der Waals surface area contributed by atoms with Crippen molar-refractivity contribution in [2.24, 2.45) is 11.3 Å². The Bertz CT molecular complexity index is 474. The molecule has 2 aliphatic rings. The predicted octanol–water partition coefficient (Wildman–Crippen LogP) is 8.79.